The molecular formula is C65H56BN3. The van der Waals surface area contributed by atoms with Crippen molar-refractivity contribution in [3.63, 3.8) is 0 Å². The second-order valence-electron chi connectivity index (χ2n) is 21.2. The number of anilines is 9. The summed E-state index contributed by atoms with van der Waals surface area (Å²) in [6.45, 7) is 17.6. The molecule has 334 valence electrons. The highest BCUT2D eigenvalue weighted by Gasteiger charge is 2.46. The minimum Gasteiger partial charge on any atom is -0.311 e. The second-order valence-corrected chi connectivity index (χ2v) is 21.2. The zero-order valence-electron chi connectivity index (χ0n) is 50.1. The monoisotopic (exact) mass is 900 g/mol. The zero-order chi connectivity index (χ0) is 55.8. The summed E-state index contributed by atoms with van der Waals surface area (Å²) in [6, 6.07) is 41.7. The molecular weight excluding hydrogens is 834 g/mol. The lowest BCUT2D eigenvalue weighted by Gasteiger charge is -2.45. The Bertz CT molecular complexity index is 4070. The zero-order valence-corrected chi connectivity index (χ0v) is 40.1. The molecule has 2 aliphatic heterocycles. The molecule has 0 amide bonds. The molecule has 2 heterocycles. The first-order valence-electron chi connectivity index (χ1n) is 28.9. The highest BCUT2D eigenvalue weighted by Crippen LogP contribution is 2.54. The van der Waals surface area contributed by atoms with Gasteiger partial charge in [-0.2, -0.15) is 0 Å². The van der Waals surface area contributed by atoms with Crippen LogP contribution in [0.15, 0.2) is 194 Å². The molecule has 9 aromatic carbocycles. The number of rotatable bonds is 5. The van der Waals surface area contributed by atoms with E-state index in [-0.39, 0.29) is 40.0 Å². The maximum Gasteiger partial charge on any atom is 0.252 e. The fraction of sp³-hybridized carbons (Fsp3) is 0.169. The molecule has 0 radical (unpaired) electrons. The van der Waals surface area contributed by atoms with Crippen LogP contribution in [0.2, 0.25) is 0 Å². The van der Waals surface area contributed by atoms with Gasteiger partial charge in [-0.3, -0.25) is 0 Å². The molecule has 3 nitrogen and oxygen atoms in total. The maximum atomic E-state index is 9.35. The lowest BCUT2D eigenvalue weighted by atomic mass is 9.33. The van der Waals surface area contributed by atoms with Crippen LogP contribution in [-0.2, 0) is 16.2 Å². The van der Waals surface area contributed by atoms with Crippen LogP contribution in [0, 0.1) is 6.92 Å². The van der Waals surface area contributed by atoms with Gasteiger partial charge in [0.1, 0.15) is 0 Å². The van der Waals surface area contributed by atoms with Crippen molar-refractivity contribution in [2.45, 2.75) is 71.6 Å². The van der Waals surface area contributed by atoms with Crippen molar-refractivity contribution >= 4 is 74.3 Å². The number of aryl methyl sites for hydroxylation is 1. The van der Waals surface area contributed by atoms with Crippen molar-refractivity contribution in [1.29, 1.82) is 0 Å². The quantitative estimate of drug-likeness (QED) is 0.159. The van der Waals surface area contributed by atoms with Crippen molar-refractivity contribution < 1.29 is 13.7 Å². The fourth-order valence-electron chi connectivity index (χ4n) is 12.0. The van der Waals surface area contributed by atoms with Gasteiger partial charge in [-0.15, -0.1) is 0 Å². The third-order valence-electron chi connectivity index (χ3n) is 15.4. The molecule has 0 atom stereocenters. The Labute approximate surface area is 422 Å². The SMILES string of the molecule is [2H]c1c([2H])c([2H])c(N(c2ccc3c(c2)N(c2ccc4c(c2)C(C)(C)c2ccccc2-4)c2cc(C)cc4c2B3c2cc(C(C)(C)C)ccc2N4c2ccc3c(c2)C(C)(C)c2ccccc2-3)c2c([2H])c([2H])c([2H])c([2H])c2[2H])c([2H])c1[2H]. The number of benzene rings is 9. The molecule has 4 heteroatoms. The molecule has 0 spiro atoms. The Morgan fingerprint density at radius 1 is 0.464 bits per heavy atom. The number of hydrogen-bond donors (Lipinski definition) is 0. The van der Waals surface area contributed by atoms with Gasteiger partial charge in [0, 0.05) is 62.0 Å². The number of hydrogen-bond acceptors (Lipinski definition) is 3. The van der Waals surface area contributed by atoms with Crippen molar-refractivity contribution in [2.75, 3.05) is 14.7 Å². The second kappa shape index (κ2) is 14.7. The van der Waals surface area contributed by atoms with Gasteiger partial charge in [0.05, 0.1) is 13.7 Å². The lowest BCUT2D eigenvalue weighted by Crippen LogP contribution is -2.61. The third-order valence-corrected chi connectivity index (χ3v) is 15.4. The van der Waals surface area contributed by atoms with Gasteiger partial charge in [-0.25, -0.2) is 0 Å². The van der Waals surface area contributed by atoms with Crippen LogP contribution in [0.5, 0.6) is 0 Å². The Balaban J connectivity index is 1.13. The summed E-state index contributed by atoms with van der Waals surface area (Å²) in [6.07, 6.45) is 0. The van der Waals surface area contributed by atoms with Crippen molar-refractivity contribution in [1.82, 2.24) is 0 Å². The van der Waals surface area contributed by atoms with Gasteiger partial charge < -0.3 is 14.7 Å². The first kappa shape index (κ1) is 32.2. The molecule has 0 fully saturated rings. The first-order chi connectivity index (χ1) is 37.4. The lowest BCUT2D eigenvalue weighted by molar-refractivity contribution is 0.591. The van der Waals surface area contributed by atoms with E-state index in [2.05, 4.69) is 180 Å². The minimum absolute atomic E-state index is 0.226. The standard InChI is InChI=1S/C65H56BN3/c1-41-35-60-62-61(36-41)69(46-29-32-51-49-24-16-18-26-53(49)65(7,8)55(51)39-46)59-40-47(67(43-19-11-9-12-20-43)44-21-13-10-14-22-44)30-33-56(59)66(62)57-37-42(63(2,3)4)27-34-58(57)68(60)45-28-31-50-48-23-15-17-25-52(48)64(5,6)54(50)38-45/h9-40H,1-8H3/i9D,10D,11D,12D,13D,14D,19D,20D,21D,22D. The van der Waals surface area contributed by atoms with E-state index in [0.29, 0.717) is 5.69 Å². The van der Waals surface area contributed by atoms with E-state index >= 15 is 0 Å². The normalized spacial score (nSPS) is 17.1. The Hall–Kier alpha value is -7.56. The largest absolute Gasteiger partial charge is 0.311 e. The summed E-state index contributed by atoms with van der Waals surface area (Å²) in [7, 11) is 0. The van der Waals surface area contributed by atoms with E-state index in [1.807, 2.05) is 12.1 Å². The van der Waals surface area contributed by atoms with E-state index in [4.69, 9.17) is 8.22 Å². The molecule has 9 aromatic rings. The summed E-state index contributed by atoms with van der Waals surface area (Å²) in [5.41, 5.74) is 19.3. The molecule has 0 saturated carbocycles. The topological polar surface area (TPSA) is 9.72 Å². The molecule has 0 bridgehead atoms. The van der Waals surface area contributed by atoms with E-state index in [0.717, 1.165) is 67.1 Å². The number of nitrogens with zero attached hydrogens (tertiary/aromatic N) is 3. The molecule has 69 heavy (non-hydrogen) atoms. The van der Waals surface area contributed by atoms with E-state index in [1.165, 1.54) is 38.3 Å². The van der Waals surface area contributed by atoms with Crippen LogP contribution < -0.4 is 31.1 Å². The van der Waals surface area contributed by atoms with E-state index < -0.39 is 60.4 Å². The van der Waals surface area contributed by atoms with Gasteiger partial charge >= 0.3 is 0 Å². The molecule has 0 aromatic heterocycles. The van der Waals surface area contributed by atoms with Crippen LogP contribution in [0.3, 0.4) is 0 Å². The minimum atomic E-state index is -0.624. The highest BCUT2D eigenvalue weighted by molar-refractivity contribution is 7.00. The van der Waals surface area contributed by atoms with Crippen LogP contribution in [-0.4, -0.2) is 6.71 Å². The molecule has 2 aliphatic carbocycles. The summed E-state index contributed by atoms with van der Waals surface area (Å²) in [4.78, 5) is 5.96. The number of fused-ring (bicyclic) bond motifs is 10. The predicted molar refractivity (Wildman–Crippen MR) is 294 cm³/mol. The van der Waals surface area contributed by atoms with Crippen LogP contribution in [0.1, 0.15) is 95.6 Å². The third kappa shape index (κ3) is 6.07. The summed E-state index contributed by atoms with van der Waals surface area (Å²) in [5.74, 6) is 0. The summed E-state index contributed by atoms with van der Waals surface area (Å²) >= 11 is 0. The average Bonchev–Trinajstić information content (AvgIpc) is 3.09. The average molecular weight is 900 g/mol. The van der Waals surface area contributed by atoms with Gasteiger partial charge in [0.2, 0.25) is 0 Å². The van der Waals surface area contributed by atoms with Gasteiger partial charge in [-0.05, 0) is 163 Å². The van der Waals surface area contributed by atoms with Gasteiger partial charge in [0.15, 0.2) is 0 Å². The molecule has 4 aliphatic rings. The predicted octanol–water partition coefficient (Wildman–Crippen LogP) is 15.5. The van der Waals surface area contributed by atoms with Crippen molar-refractivity contribution in [2.24, 2.45) is 0 Å². The first-order valence-corrected chi connectivity index (χ1v) is 23.9. The summed E-state index contributed by atoms with van der Waals surface area (Å²) < 4.78 is 89.9. The summed E-state index contributed by atoms with van der Waals surface area (Å²) in [5, 5.41) is 0. The van der Waals surface area contributed by atoms with Crippen LogP contribution >= 0.6 is 0 Å². The van der Waals surface area contributed by atoms with Crippen molar-refractivity contribution in [3.8, 4) is 22.3 Å². The molecule has 13 rings (SSSR count). The Kier molecular flexibility index (Phi) is 6.88. The Morgan fingerprint density at radius 2 is 0.971 bits per heavy atom. The van der Waals surface area contributed by atoms with Crippen LogP contribution in [0.25, 0.3) is 22.3 Å². The smallest absolute Gasteiger partial charge is 0.252 e. The number of para-hydroxylation sites is 2. The van der Waals surface area contributed by atoms with E-state index in [1.54, 1.807) is 6.07 Å². The molecule has 0 saturated heterocycles. The van der Waals surface area contributed by atoms with Crippen LogP contribution in [0.4, 0.5) is 51.2 Å². The van der Waals surface area contributed by atoms with E-state index in [9.17, 15) is 5.48 Å². The fourth-order valence-corrected chi connectivity index (χ4v) is 12.0. The maximum absolute atomic E-state index is 9.35. The molecule has 0 N–H and O–H groups in total. The van der Waals surface area contributed by atoms with Crippen molar-refractivity contribution in [3.05, 3.63) is 227 Å². The molecule has 0 unspecified atom stereocenters. The van der Waals surface area contributed by atoms with Gasteiger partial charge in [0.25, 0.3) is 6.71 Å². The Morgan fingerprint density at radius 3 is 1.51 bits per heavy atom. The highest BCUT2D eigenvalue weighted by atomic mass is 15.2. The van der Waals surface area contributed by atoms with Gasteiger partial charge in [-0.1, -0.05) is 164 Å².